The van der Waals surface area contributed by atoms with E-state index < -0.39 is 0 Å². The van der Waals surface area contributed by atoms with Crippen LogP contribution in [0.2, 0.25) is 0 Å². The number of nitrogens with zero attached hydrogens (tertiary/aromatic N) is 1. The maximum absolute atomic E-state index is 2.55. The standard InChI is InChI=1S/C19H28N/c1-19(2)17-11-10-16(18(19)12-17)14-20(3,4)13-15-8-6-5-7-9-15/h5-10,17-18H,11-14H2,1-4H3/q+1/t17-,18-/m0/s1. The highest BCUT2D eigenvalue weighted by Gasteiger charge is 2.51. The maximum Gasteiger partial charge on any atom is 0.104 e. The van der Waals surface area contributed by atoms with Crippen molar-refractivity contribution in [2.45, 2.75) is 33.2 Å². The van der Waals surface area contributed by atoms with Gasteiger partial charge in [0, 0.05) is 5.56 Å². The predicted octanol–water partition coefficient (Wildman–Crippen LogP) is 4.26. The minimum Gasteiger partial charge on any atom is -0.321 e. The van der Waals surface area contributed by atoms with Crippen LogP contribution in [0.15, 0.2) is 42.0 Å². The van der Waals surface area contributed by atoms with Gasteiger partial charge in [0.2, 0.25) is 0 Å². The molecule has 20 heavy (non-hydrogen) atoms. The van der Waals surface area contributed by atoms with Crippen LogP contribution in [0.5, 0.6) is 0 Å². The summed E-state index contributed by atoms with van der Waals surface area (Å²) in [5.74, 6) is 1.79. The zero-order valence-corrected chi connectivity index (χ0v) is 13.4. The molecule has 1 saturated carbocycles. The third-order valence-electron chi connectivity index (χ3n) is 5.65. The Kier molecular flexibility index (Phi) is 3.29. The number of likely N-dealkylation sites (N-methyl/N-ethyl adjacent to an activating group) is 1. The molecule has 3 aliphatic rings. The molecule has 0 heterocycles. The van der Waals surface area contributed by atoms with Gasteiger partial charge < -0.3 is 4.48 Å². The normalized spacial score (nSPS) is 27.7. The lowest BCUT2D eigenvalue weighted by Crippen LogP contribution is -2.52. The van der Waals surface area contributed by atoms with Gasteiger partial charge in [-0.15, -0.1) is 0 Å². The first-order valence-corrected chi connectivity index (χ1v) is 7.93. The predicted molar refractivity (Wildman–Crippen MR) is 85.2 cm³/mol. The van der Waals surface area contributed by atoms with Crippen LogP contribution in [0.3, 0.4) is 0 Å². The van der Waals surface area contributed by atoms with Gasteiger partial charge in [0.05, 0.1) is 14.1 Å². The molecule has 0 aliphatic heterocycles. The Bertz CT molecular complexity index is 510. The molecule has 0 aromatic heterocycles. The highest BCUT2D eigenvalue weighted by Crippen LogP contribution is 2.59. The molecule has 2 bridgehead atoms. The minimum absolute atomic E-state index is 0.552. The van der Waals surface area contributed by atoms with Crippen LogP contribution in [-0.2, 0) is 6.54 Å². The summed E-state index contributed by atoms with van der Waals surface area (Å²) in [6.07, 6.45) is 5.30. The molecule has 0 N–H and O–H groups in total. The summed E-state index contributed by atoms with van der Waals surface area (Å²) in [4.78, 5) is 0. The van der Waals surface area contributed by atoms with E-state index in [0.717, 1.165) is 22.9 Å². The molecule has 0 radical (unpaired) electrons. The first-order valence-electron chi connectivity index (χ1n) is 7.93. The van der Waals surface area contributed by atoms with Gasteiger partial charge >= 0.3 is 0 Å². The van der Waals surface area contributed by atoms with E-state index in [1.165, 1.54) is 24.9 Å². The quantitative estimate of drug-likeness (QED) is 0.566. The number of rotatable bonds is 4. The Morgan fingerprint density at radius 1 is 1.10 bits per heavy atom. The zero-order valence-electron chi connectivity index (χ0n) is 13.4. The highest BCUT2D eigenvalue weighted by atomic mass is 15.3. The fourth-order valence-corrected chi connectivity index (χ4v) is 4.28. The van der Waals surface area contributed by atoms with Crippen LogP contribution < -0.4 is 0 Å². The number of allylic oxidation sites excluding steroid dienone is 1. The molecule has 1 aromatic rings. The van der Waals surface area contributed by atoms with Crippen LogP contribution in [-0.4, -0.2) is 25.1 Å². The van der Waals surface area contributed by atoms with Crippen molar-refractivity contribution in [3.05, 3.63) is 47.5 Å². The Labute approximate surface area is 123 Å². The molecule has 0 amide bonds. The number of quaternary nitrogens is 1. The van der Waals surface area contributed by atoms with Crippen molar-refractivity contribution in [1.82, 2.24) is 0 Å². The lowest BCUT2D eigenvalue weighted by molar-refractivity contribution is -0.899. The second-order valence-electron chi connectivity index (χ2n) is 8.06. The molecule has 4 rings (SSSR count). The SMILES string of the molecule is CC1(C)[C@H]2CC=C(C[N+](C)(C)Cc3ccccc3)[C@@H]1C2. The van der Waals surface area contributed by atoms with Crippen molar-refractivity contribution in [2.24, 2.45) is 17.3 Å². The van der Waals surface area contributed by atoms with Gasteiger partial charge in [-0.25, -0.2) is 0 Å². The lowest BCUT2D eigenvalue weighted by atomic mass is 9.49. The van der Waals surface area contributed by atoms with E-state index in [9.17, 15) is 0 Å². The fraction of sp³-hybridized carbons (Fsp3) is 0.579. The van der Waals surface area contributed by atoms with Crippen molar-refractivity contribution < 1.29 is 4.48 Å². The third kappa shape index (κ3) is 2.44. The Morgan fingerprint density at radius 3 is 2.40 bits per heavy atom. The van der Waals surface area contributed by atoms with Crippen molar-refractivity contribution in [2.75, 3.05) is 20.6 Å². The Morgan fingerprint density at radius 2 is 1.80 bits per heavy atom. The minimum atomic E-state index is 0.552. The van der Waals surface area contributed by atoms with E-state index in [0.29, 0.717) is 5.41 Å². The summed E-state index contributed by atoms with van der Waals surface area (Å²) in [6.45, 7) is 7.26. The molecule has 1 fully saturated rings. The molecule has 0 saturated heterocycles. The van der Waals surface area contributed by atoms with Gasteiger partial charge in [-0.2, -0.15) is 0 Å². The summed E-state index contributed by atoms with van der Waals surface area (Å²) in [5.41, 5.74) is 3.72. The van der Waals surface area contributed by atoms with E-state index in [1.807, 2.05) is 0 Å². The number of benzene rings is 1. The smallest absolute Gasteiger partial charge is 0.104 e. The van der Waals surface area contributed by atoms with Crippen molar-refractivity contribution in [3.8, 4) is 0 Å². The van der Waals surface area contributed by atoms with Crippen LogP contribution in [0.1, 0.15) is 32.3 Å². The maximum atomic E-state index is 2.55. The number of hydrogen-bond acceptors (Lipinski definition) is 0. The van der Waals surface area contributed by atoms with Crippen LogP contribution in [0, 0.1) is 17.3 Å². The van der Waals surface area contributed by atoms with Crippen LogP contribution in [0.4, 0.5) is 0 Å². The third-order valence-corrected chi connectivity index (χ3v) is 5.65. The van der Waals surface area contributed by atoms with E-state index in [-0.39, 0.29) is 0 Å². The number of hydrogen-bond donors (Lipinski definition) is 0. The fourth-order valence-electron chi connectivity index (χ4n) is 4.28. The monoisotopic (exact) mass is 270 g/mol. The molecule has 2 atom stereocenters. The van der Waals surface area contributed by atoms with Gasteiger partial charge in [-0.05, 0) is 35.7 Å². The Hall–Kier alpha value is -1.08. The number of fused-ring (bicyclic) bond motifs is 1. The lowest BCUT2D eigenvalue weighted by Gasteiger charge is -2.57. The van der Waals surface area contributed by atoms with Gasteiger partial charge in [0.15, 0.2) is 0 Å². The molecule has 1 aromatic carbocycles. The molecule has 3 aliphatic carbocycles. The summed E-state index contributed by atoms with van der Waals surface area (Å²) >= 11 is 0. The molecule has 1 nitrogen and oxygen atoms in total. The first kappa shape index (κ1) is 13.9. The average Bonchev–Trinajstić information content (AvgIpc) is 2.38. The summed E-state index contributed by atoms with van der Waals surface area (Å²) in [7, 11) is 4.73. The summed E-state index contributed by atoms with van der Waals surface area (Å²) in [5, 5.41) is 0. The van der Waals surface area contributed by atoms with E-state index in [2.05, 4.69) is 64.4 Å². The van der Waals surface area contributed by atoms with Gasteiger partial charge in [-0.1, -0.05) is 50.3 Å². The summed E-state index contributed by atoms with van der Waals surface area (Å²) in [6, 6.07) is 10.9. The molecule has 1 heteroatoms. The average molecular weight is 270 g/mol. The van der Waals surface area contributed by atoms with Crippen molar-refractivity contribution in [1.29, 1.82) is 0 Å². The second kappa shape index (κ2) is 4.73. The molecule has 0 unspecified atom stereocenters. The van der Waals surface area contributed by atoms with Gasteiger partial charge in [0.25, 0.3) is 0 Å². The molecule has 108 valence electrons. The van der Waals surface area contributed by atoms with Crippen LogP contribution in [0.25, 0.3) is 0 Å². The van der Waals surface area contributed by atoms with Crippen LogP contribution >= 0.6 is 0 Å². The summed E-state index contributed by atoms with van der Waals surface area (Å²) < 4.78 is 1.06. The van der Waals surface area contributed by atoms with Gasteiger partial charge in [0.1, 0.15) is 13.1 Å². The van der Waals surface area contributed by atoms with E-state index >= 15 is 0 Å². The highest BCUT2D eigenvalue weighted by molar-refractivity contribution is 5.23. The largest absolute Gasteiger partial charge is 0.321 e. The topological polar surface area (TPSA) is 0 Å². The molecular weight excluding hydrogens is 242 g/mol. The van der Waals surface area contributed by atoms with Crippen molar-refractivity contribution in [3.63, 3.8) is 0 Å². The second-order valence-corrected chi connectivity index (χ2v) is 8.06. The first-order chi connectivity index (χ1) is 9.38. The molecule has 0 spiro atoms. The zero-order chi connectivity index (χ0) is 14.4. The molecular formula is C19H28N+. The van der Waals surface area contributed by atoms with E-state index in [4.69, 9.17) is 0 Å². The van der Waals surface area contributed by atoms with Crippen molar-refractivity contribution >= 4 is 0 Å². The van der Waals surface area contributed by atoms with E-state index in [1.54, 1.807) is 5.57 Å². The van der Waals surface area contributed by atoms with Gasteiger partial charge in [-0.3, -0.25) is 0 Å². The Balaban J connectivity index is 1.69.